The standard InChI is InChI=1S/C23H19FN2O4/c1-26-11-16-17(21(26)28)20(27)19-15(18(16)23(6-7-23)22(29)30)9-13(10-25-19)8-12-2-4-14(24)5-3-12/h2-5,9-10,27H,6-8,11H2,1H3,(H,29,30). The van der Waals surface area contributed by atoms with Gasteiger partial charge in [-0.05, 0) is 59.7 Å². The van der Waals surface area contributed by atoms with Crippen molar-refractivity contribution < 1.29 is 24.2 Å². The van der Waals surface area contributed by atoms with Crippen LogP contribution in [0, 0.1) is 5.82 Å². The maximum absolute atomic E-state index is 13.2. The molecule has 2 N–H and O–H groups in total. The van der Waals surface area contributed by atoms with Gasteiger partial charge in [-0.1, -0.05) is 12.1 Å². The largest absolute Gasteiger partial charge is 0.505 e. The zero-order valence-electron chi connectivity index (χ0n) is 16.3. The molecule has 0 radical (unpaired) electrons. The van der Waals surface area contributed by atoms with Gasteiger partial charge in [0, 0.05) is 25.2 Å². The number of carbonyl (C=O) groups excluding carboxylic acids is 1. The number of aromatic nitrogens is 1. The van der Waals surface area contributed by atoms with Crippen LogP contribution in [-0.4, -0.2) is 39.0 Å². The average molecular weight is 406 g/mol. The molecule has 1 aliphatic carbocycles. The topological polar surface area (TPSA) is 90.7 Å². The summed E-state index contributed by atoms with van der Waals surface area (Å²) >= 11 is 0. The van der Waals surface area contributed by atoms with Crippen LogP contribution < -0.4 is 0 Å². The number of carbonyl (C=O) groups is 2. The van der Waals surface area contributed by atoms with Gasteiger partial charge in [0.05, 0.1) is 11.0 Å². The molecule has 0 unspecified atom stereocenters. The first kappa shape index (κ1) is 18.5. The first-order valence-corrected chi connectivity index (χ1v) is 9.72. The summed E-state index contributed by atoms with van der Waals surface area (Å²) in [7, 11) is 1.63. The number of benzene rings is 2. The van der Waals surface area contributed by atoms with Crippen molar-refractivity contribution in [3.8, 4) is 5.75 Å². The third-order valence-electron chi connectivity index (χ3n) is 6.19. The molecular formula is C23H19FN2O4. The van der Waals surface area contributed by atoms with Crippen molar-refractivity contribution in [3.63, 3.8) is 0 Å². The number of phenols is 1. The Balaban J connectivity index is 1.74. The van der Waals surface area contributed by atoms with E-state index in [-0.39, 0.29) is 35.1 Å². The minimum absolute atomic E-state index is 0.159. The summed E-state index contributed by atoms with van der Waals surface area (Å²) in [6, 6.07) is 7.99. The Kier molecular flexibility index (Phi) is 3.87. The average Bonchev–Trinajstić information content (AvgIpc) is 3.46. The number of hydrogen-bond donors (Lipinski definition) is 2. The van der Waals surface area contributed by atoms with Crippen LogP contribution in [0.1, 0.15) is 45.5 Å². The number of nitrogens with zero attached hydrogens (tertiary/aromatic N) is 2. The van der Waals surface area contributed by atoms with Crippen LogP contribution in [0.4, 0.5) is 4.39 Å². The molecule has 1 amide bonds. The fourth-order valence-corrected chi connectivity index (χ4v) is 4.50. The fraction of sp³-hybridized carbons (Fsp3) is 0.261. The number of halogens is 1. The van der Waals surface area contributed by atoms with Gasteiger partial charge in [-0.15, -0.1) is 0 Å². The van der Waals surface area contributed by atoms with E-state index in [9.17, 15) is 24.2 Å². The summed E-state index contributed by atoms with van der Waals surface area (Å²) in [4.78, 5) is 30.7. The SMILES string of the molecule is CN1Cc2c(c(O)c3ncc(Cc4ccc(F)cc4)cc3c2C2(C(=O)O)CC2)C1=O. The van der Waals surface area contributed by atoms with Crippen molar-refractivity contribution in [3.05, 3.63) is 70.2 Å². The van der Waals surface area contributed by atoms with E-state index in [2.05, 4.69) is 4.98 Å². The van der Waals surface area contributed by atoms with E-state index in [1.165, 1.54) is 17.0 Å². The third-order valence-corrected chi connectivity index (χ3v) is 6.19. The number of fused-ring (bicyclic) bond motifs is 2. The summed E-state index contributed by atoms with van der Waals surface area (Å²) in [5.41, 5.74) is 2.20. The Hall–Kier alpha value is -3.48. The van der Waals surface area contributed by atoms with E-state index in [4.69, 9.17) is 0 Å². The first-order valence-electron chi connectivity index (χ1n) is 9.72. The number of carboxylic acids is 1. The molecule has 30 heavy (non-hydrogen) atoms. The predicted octanol–water partition coefficient (Wildman–Crippen LogP) is 3.37. The Bertz CT molecular complexity index is 1230. The molecule has 2 heterocycles. The normalized spacial score (nSPS) is 16.7. The molecular weight excluding hydrogens is 387 g/mol. The highest BCUT2D eigenvalue weighted by Crippen LogP contribution is 2.55. The number of rotatable bonds is 4. The third kappa shape index (κ3) is 2.58. The first-order chi connectivity index (χ1) is 14.3. The maximum atomic E-state index is 13.2. The summed E-state index contributed by atoms with van der Waals surface area (Å²) in [5.74, 6) is -1.77. The molecule has 2 aliphatic rings. The van der Waals surface area contributed by atoms with Crippen LogP contribution in [0.5, 0.6) is 5.75 Å². The molecule has 152 valence electrons. The molecule has 3 aromatic rings. The molecule has 0 spiro atoms. The summed E-state index contributed by atoms with van der Waals surface area (Å²) in [6.45, 7) is 0.254. The number of hydrogen-bond acceptors (Lipinski definition) is 4. The number of carboxylic acid groups (broad SMARTS) is 1. The molecule has 6 nitrogen and oxygen atoms in total. The molecule has 7 heteroatoms. The second kappa shape index (κ2) is 6.26. The smallest absolute Gasteiger partial charge is 0.314 e. The van der Waals surface area contributed by atoms with Crippen LogP contribution >= 0.6 is 0 Å². The van der Waals surface area contributed by atoms with Crippen molar-refractivity contribution in [1.29, 1.82) is 0 Å². The molecule has 0 bridgehead atoms. The molecule has 0 atom stereocenters. The van der Waals surface area contributed by atoms with Crippen LogP contribution in [0.15, 0.2) is 36.5 Å². The lowest BCUT2D eigenvalue weighted by atomic mass is 9.85. The Morgan fingerprint density at radius 2 is 1.93 bits per heavy atom. The molecule has 1 fully saturated rings. The minimum Gasteiger partial charge on any atom is -0.505 e. The molecule has 0 saturated heterocycles. The lowest BCUT2D eigenvalue weighted by molar-refractivity contribution is -0.140. The van der Waals surface area contributed by atoms with E-state index in [0.717, 1.165) is 11.1 Å². The molecule has 2 aromatic carbocycles. The number of aliphatic carboxylic acids is 1. The Labute approximate surface area is 171 Å². The Morgan fingerprint density at radius 3 is 2.57 bits per heavy atom. The molecule has 1 aromatic heterocycles. The Morgan fingerprint density at radius 1 is 1.23 bits per heavy atom. The highest BCUT2D eigenvalue weighted by molar-refractivity contribution is 6.09. The summed E-state index contributed by atoms with van der Waals surface area (Å²) in [6.07, 6.45) is 3.05. The zero-order valence-corrected chi connectivity index (χ0v) is 16.3. The lowest BCUT2D eigenvalue weighted by Crippen LogP contribution is -2.22. The van der Waals surface area contributed by atoms with Crippen molar-refractivity contribution in [2.45, 2.75) is 31.2 Å². The number of pyridine rings is 1. The number of phenolic OH excluding ortho intramolecular Hbond substituents is 1. The number of aromatic hydroxyl groups is 1. The van der Waals surface area contributed by atoms with Gasteiger partial charge < -0.3 is 15.1 Å². The molecule has 5 rings (SSSR count). The van der Waals surface area contributed by atoms with Crippen molar-refractivity contribution in [1.82, 2.24) is 9.88 Å². The predicted molar refractivity (Wildman–Crippen MR) is 107 cm³/mol. The van der Waals surface area contributed by atoms with Gasteiger partial charge in [-0.3, -0.25) is 14.6 Å². The second-order valence-corrected chi connectivity index (χ2v) is 8.17. The summed E-state index contributed by atoms with van der Waals surface area (Å²) < 4.78 is 13.2. The van der Waals surface area contributed by atoms with Gasteiger partial charge in [-0.2, -0.15) is 0 Å². The van der Waals surface area contributed by atoms with E-state index in [0.29, 0.717) is 35.8 Å². The van der Waals surface area contributed by atoms with E-state index >= 15 is 0 Å². The second-order valence-electron chi connectivity index (χ2n) is 8.17. The maximum Gasteiger partial charge on any atom is 0.314 e. The lowest BCUT2D eigenvalue weighted by Gasteiger charge is -2.19. The van der Waals surface area contributed by atoms with Gasteiger partial charge in [0.15, 0.2) is 5.75 Å². The van der Waals surface area contributed by atoms with Crippen molar-refractivity contribution >= 4 is 22.8 Å². The van der Waals surface area contributed by atoms with Crippen LogP contribution in [0.25, 0.3) is 10.9 Å². The fourth-order valence-electron chi connectivity index (χ4n) is 4.50. The van der Waals surface area contributed by atoms with Crippen molar-refractivity contribution in [2.24, 2.45) is 0 Å². The van der Waals surface area contributed by atoms with Gasteiger partial charge in [0.25, 0.3) is 5.91 Å². The van der Waals surface area contributed by atoms with Gasteiger partial charge in [0.1, 0.15) is 11.3 Å². The zero-order chi connectivity index (χ0) is 21.2. The highest BCUT2D eigenvalue weighted by Gasteiger charge is 2.55. The quantitative estimate of drug-likeness (QED) is 0.693. The monoisotopic (exact) mass is 406 g/mol. The van der Waals surface area contributed by atoms with Gasteiger partial charge in [0.2, 0.25) is 0 Å². The van der Waals surface area contributed by atoms with Gasteiger partial charge in [-0.25, -0.2) is 4.39 Å². The highest BCUT2D eigenvalue weighted by atomic mass is 19.1. The van der Waals surface area contributed by atoms with E-state index < -0.39 is 11.4 Å². The molecule has 1 aliphatic heterocycles. The molecule has 1 saturated carbocycles. The van der Waals surface area contributed by atoms with E-state index in [1.54, 1.807) is 25.4 Å². The number of amides is 1. The van der Waals surface area contributed by atoms with Crippen molar-refractivity contribution in [2.75, 3.05) is 7.05 Å². The minimum atomic E-state index is -1.06. The van der Waals surface area contributed by atoms with Gasteiger partial charge >= 0.3 is 5.97 Å². The summed E-state index contributed by atoms with van der Waals surface area (Å²) in [5, 5.41) is 21.3. The van der Waals surface area contributed by atoms with E-state index in [1.807, 2.05) is 6.07 Å². The van der Waals surface area contributed by atoms with Crippen LogP contribution in [-0.2, 0) is 23.2 Å². The van der Waals surface area contributed by atoms with Crippen LogP contribution in [0.2, 0.25) is 0 Å². The van der Waals surface area contributed by atoms with Crippen LogP contribution in [0.3, 0.4) is 0 Å².